The fraction of sp³-hybridized carbons (Fsp3) is 0.385. The predicted octanol–water partition coefficient (Wildman–Crippen LogP) is 24.9. The molecule has 3 aliphatic carbocycles. The second kappa shape index (κ2) is 21.2. The van der Waals surface area contributed by atoms with Crippen LogP contribution in [0.4, 0.5) is 44.8 Å². The molecule has 0 fully saturated rings. The maximum absolute atomic E-state index is 2.89. The van der Waals surface area contributed by atoms with E-state index >= 15 is 0 Å². The highest BCUT2D eigenvalue weighted by Gasteiger charge is 2.53. The number of nitrogens with zero attached hydrogens (tertiary/aromatic N) is 3. The van der Waals surface area contributed by atoms with Gasteiger partial charge in [-0.25, -0.2) is 0 Å². The number of rotatable bonds is 6. The van der Waals surface area contributed by atoms with Crippen molar-refractivity contribution in [3.8, 4) is 33.4 Å². The Morgan fingerprint density at radius 3 is 1.40 bits per heavy atom. The molecular formula is C91H102BN3S. The second-order valence-corrected chi connectivity index (χ2v) is 37.8. The number of hydrogen-bond donors (Lipinski definition) is 0. The molecule has 10 aromatic rings. The van der Waals surface area contributed by atoms with Crippen molar-refractivity contribution in [2.75, 3.05) is 14.6 Å². The van der Waals surface area contributed by atoms with Gasteiger partial charge in [-0.05, 0) is 242 Å². The van der Waals surface area contributed by atoms with Crippen LogP contribution < -0.4 is 25.5 Å². The van der Waals surface area contributed by atoms with E-state index in [9.17, 15) is 0 Å². The molecule has 0 saturated heterocycles. The third-order valence-electron chi connectivity index (χ3n) is 23.8. The van der Waals surface area contributed by atoms with E-state index in [1.165, 1.54) is 151 Å². The molecule has 3 heterocycles. The Hall–Kier alpha value is -7.60. The molecule has 0 amide bonds. The van der Waals surface area contributed by atoms with E-state index in [2.05, 4.69) is 337 Å². The van der Waals surface area contributed by atoms with E-state index in [0.29, 0.717) is 0 Å². The van der Waals surface area contributed by atoms with Crippen molar-refractivity contribution < 1.29 is 0 Å². The Morgan fingerprint density at radius 2 is 0.865 bits per heavy atom. The summed E-state index contributed by atoms with van der Waals surface area (Å²) in [5, 5.41) is 2.65. The Kier molecular flexibility index (Phi) is 14.2. The molecule has 0 saturated carbocycles. The van der Waals surface area contributed by atoms with Crippen LogP contribution >= 0.6 is 11.3 Å². The van der Waals surface area contributed by atoms with Gasteiger partial charge < -0.3 is 14.6 Å². The minimum atomic E-state index is -0.367. The molecule has 1 aromatic heterocycles. The van der Waals surface area contributed by atoms with Crippen LogP contribution in [-0.2, 0) is 48.7 Å². The van der Waals surface area contributed by atoms with Gasteiger partial charge in [0.25, 0.3) is 0 Å². The largest absolute Gasteiger partial charge is 0.376 e. The third-order valence-corrected chi connectivity index (χ3v) is 25.0. The van der Waals surface area contributed by atoms with E-state index in [-0.39, 0.29) is 55.6 Å². The number of benzene rings is 9. The fourth-order valence-corrected chi connectivity index (χ4v) is 18.7. The number of thiophene rings is 1. The molecule has 0 N–H and O–H groups in total. The van der Waals surface area contributed by atoms with Gasteiger partial charge in [-0.3, -0.25) is 0 Å². The summed E-state index contributed by atoms with van der Waals surface area (Å²) >= 11 is 2.02. The zero-order valence-electron chi connectivity index (χ0n) is 61.8. The zero-order valence-corrected chi connectivity index (χ0v) is 62.6. The van der Waals surface area contributed by atoms with Crippen LogP contribution in [0.2, 0.25) is 0 Å². The van der Waals surface area contributed by atoms with Crippen molar-refractivity contribution in [1.29, 1.82) is 0 Å². The van der Waals surface area contributed by atoms with Crippen molar-refractivity contribution in [3.63, 3.8) is 0 Å². The number of anilines is 8. The summed E-state index contributed by atoms with van der Waals surface area (Å²) in [7, 11) is 0. The van der Waals surface area contributed by atoms with E-state index in [4.69, 9.17) is 0 Å². The summed E-state index contributed by atoms with van der Waals surface area (Å²) in [5.41, 5.74) is 32.6. The summed E-state index contributed by atoms with van der Waals surface area (Å²) in [6.07, 6.45) is 4.64. The average molecular weight is 1280 g/mol. The number of hydrogen-bond acceptors (Lipinski definition) is 4. The monoisotopic (exact) mass is 1280 g/mol. The van der Waals surface area contributed by atoms with E-state index in [1.807, 2.05) is 11.3 Å². The van der Waals surface area contributed by atoms with Gasteiger partial charge in [-0.15, -0.1) is 11.3 Å². The van der Waals surface area contributed by atoms with Gasteiger partial charge in [-0.2, -0.15) is 0 Å². The van der Waals surface area contributed by atoms with Gasteiger partial charge >= 0.3 is 6.85 Å². The Bertz CT molecular complexity index is 4750. The van der Waals surface area contributed by atoms with Crippen LogP contribution in [0.1, 0.15) is 234 Å². The Morgan fingerprint density at radius 1 is 0.385 bits per heavy atom. The van der Waals surface area contributed by atoms with Crippen molar-refractivity contribution in [2.45, 2.75) is 227 Å². The van der Waals surface area contributed by atoms with Crippen LogP contribution in [0.5, 0.6) is 0 Å². The van der Waals surface area contributed by atoms with Gasteiger partial charge in [0.2, 0.25) is 0 Å². The molecule has 0 spiro atoms. The highest BCUT2D eigenvalue weighted by atomic mass is 32.1. The smallest absolute Gasteiger partial charge is 0.334 e. The lowest BCUT2D eigenvalue weighted by Crippen LogP contribution is -2.61. The summed E-state index contributed by atoms with van der Waals surface area (Å²) in [4.78, 5) is 8.22. The summed E-state index contributed by atoms with van der Waals surface area (Å²) < 4.78 is 1.35. The van der Waals surface area contributed by atoms with E-state index in [1.54, 1.807) is 0 Å². The average Bonchev–Trinajstić information content (AvgIpc) is 1.37. The summed E-state index contributed by atoms with van der Waals surface area (Å²) in [5.74, 6) is 0. The molecule has 0 radical (unpaired) electrons. The van der Waals surface area contributed by atoms with Gasteiger partial charge in [0.05, 0.1) is 10.7 Å². The molecule has 490 valence electrons. The fourth-order valence-electron chi connectivity index (χ4n) is 17.4. The van der Waals surface area contributed by atoms with Gasteiger partial charge in [0.15, 0.2) is 0 Å². The van der Waals surface area contributed by atoms with Crippen LogP contribution in [0.15, 0.2) is 170 Å². The van der Waals surface area contributed by atoms with Gasteiger partial charge in [0.1, 0.15) is 0 Å². The molecule has 0 atom stereocenters. The van der Waals surface area contributed by atoms with Crippen LogP contribution in [0, 0.1) is 0 Å². The third kappa shape index (κ3) is 10.1. The quantitative estimate of drug-likeness (QED) is 0.154. The highest BCUT2D eigenvalue weighted by molar-refractivity contribution is 7.26. The lowest BCUT2D eigenvalue weighted by atomic mass is 9.43. The lowest BCUT2D eigenvalue weighted by molar-refractivity contribution is 0.331. The maximum atomic E-state index is 2.89. The first-order valence-corrected chi connectivity index (χ1v) is 36.8. The lowest BCUT2D eigenvalue weighted by Gasteiger charge is -2.47. The summed E-state index contributed by atoms with van der Waals surface area (Å²) in [6, 6.07) is 68.6. The maximum Gasteiger partial charge on any atom is 0.334 e. The highest BCUT2D eigenvalue weighted by Crippen LogP contribution is 2.62. The van der Waals surface area contributed by atoms with Crippen LogP contribution in [0.3, 0.4) is 0 Å². The van der Waals surface area contributed by atoms with Crippen molar-refractivity contribution in [1.82, 2.24) is 0 Å². The summed E-state index contributed by atoms with van der Waals surface area (Å²) in [6.45, 7) is 53.0. The van der Waals surface area contributed by atoms with E-state index in [0.717, 1.165) is 29.9 Å². The zero-order chi connectivity index (χ0) is 68.3. The SMILES string of the molecule is CC(C)(C)c1ccc(N2B3c4c(cc(N(c5ccc(C(C)(C)C)cc5)c5ccc(C(C)(C)C)cc5)cc4N(c4ccc(C(C)(C)C)cc4-c4ccccc4)c4sc5cc6c(cc5c43)C(C)(C)CCC6(C)C)-c3ccc4c(c32)C(C)(C)c2cc3c(cc2-4)C(C)(C)CCC3(C)C)cc1. The molecule has 5 aliphatic rings. The van der Waals surface area contributed by atoms with Crippen molar-refractivity contribution in [2.24, 2.45) is 0 Å². The molecule has 0 bridgehead atoms. The number of fused-ring (bicyclic) bond motifs is 12. The first-order chi connectivity index (χ1) is 44.8. The van der Waals surface area contributed by atoms with Crippen LogP contribution in [-0.4, -0.2) is 6.85 Å². The van der Waals surface area contributed by atoms with Crippen LogP contribution in [0.25, 0.3) is 43.5 Å². The molecule has 0 unspecified atom stereocenters. The molecule has 2 aliphatic heterocycles. The first-order valence-electron chi connectivity index (χ1n) is 35.9. The predicted molar refractivity (Wildman–Crippen MR) is 419 cm³/mol. The Labute approximate surface area is 580 Å². The van der Waals surface area contributed by atoms with Crippen molar-refractivity contribution in [3.05, 3.63) is 225 Å². The normalized spacial score (nSPS) is 17.7. The molecular weight excluding hydrogens is 1180 g/mol. The van der Waals surface area contributed by atoms with Crippen molar-refractivity contribution >= 4 is 84.0 Å². The molecule has 3 nitrogen and oxygen atoms in total. The molecule has 9 aromatic carbocycles. The minimum absolute atomic E-state index is 0.0103. The second-order valence-electron chi connectivity index (χ2n) is 36.8. The Balaban J connectivity index is 1.13. The minimum Gasteiger partial charge on any atom is -0.376 e. The molecule has 5 heteroatoms. The van der Waals surface area contributed by atoms with E-state index < -0.39 is 0 Å². The topological polar surface area (TPSA) is 9.72 Å². The first kappa shape index (κ1) is 64.4. The molecule has 96 heavy (non-hydrogen) atoms. The van der Waals surface area contributed by atoms with Gasteiger partial charge in [0, 0.05) is 55.4 Å². The molecule has 15 rings (SSSR count). The standard InChI is InChI=1S/C91H102BN3S/c1-83(2,3)56-28-35-60(36-29-56)93(61-37-30-57(31-38-61)84(4,5)6)63-49-68-65-42-41-64-67-51-71-73(89(17,18)46-44-87(71,13)14)53-70(67)91(21,22)78(64)81(65)95(62-39-32-58(33-40-62)85(7,8)9)92-79(68)76(50-63)94(75-43-34-59(86(10,11)12)48-66(75)55-26-24-23-25-27-55)82-80(92)69-52-72-74(54-77(69)96-82)90(19,20)47-45-88(72,15)16/h23-43,48-54H,44-47H2,1-22H3. The van der Waals surface area contributed by atoms with Gasteiger partial charge in [-0.1, -0.05) is 243 Å².